The smallest absolute Gasteiger partial charge is 0.400 e. The third-order valence-electron chi connectivity index (χ3n) is 9.65. The predicted molar refractivity (Wildman–Crippen MR) is 137 cm³/mol. The Labute approximate surface area is 207 Å². The second-order valence-electron chi connectivity index (χ2n) is 11.9. The maximum atomic E-state index is 15.0. The molecule has 1 aromatic carbocycles. The van der Waals surface area contributed by atoms with Crippen LogP contribution in [0.5, 0.6) is 5.75 Å². The fourth-order valence-electron chi connectivity index (χ4n) is 7.52. The highest BCUT2D eigenvalue weighted by molar-refractivity contribution is 5.30. The summed E-state index contributed by atoms with van der Waals surface area (Å²) in [7, 11) is 0. The van der Waals surface area contributed by atoms with Gasteiger partial charge in [0, 0.05) is 0 Å². The van der Waals surface area contributed by atoms with E-state index in [-0.39, 0.29) is 0 Å². The molecule has 3 fully saturated rings. The van der Waals surface area contributed by atoms with Crippen LogP contribution in [0, 0.1) is 29.6 Å². The van der Waals surface area contributed by atoms with E-state index in [1.54, 1.807) is 12.1 Å². The van der Waals surface area contributed by atoms with Crippen molar-refractivity contribution in [3.05, 3.63) is 29.8 Å². The van der Waals surface area contributed by atoms with E-state index >= 15 is 8.78 Å². The molecule has 0 saturated heterocycles. The van der Waals surface area contributed by atoms with Crippen LogP contribution in [0.1, 0.15) is 128 Å². The molecule has 0 radical (unpaired) electrons. The Morgan fingerprint density at radius 1 is 0.676 bits per heavy atom. The van der Waals surface area contributed by atoms with Gasteiger partial charge in [-0.15, -0.1) is 0 Å². The highest BCUT2D eigenvalue weighted by Gasteiger charge is 2.45. The molecule has 3 saturated carbocycles. The van der Waals surface area contributed by atoms with Gasteiger partial charge in [-0.05, 0) is 111 Å². The van der Waals surface area contributed by atoms with Crippen LogP contribution in [0.2, 0.25) is 0 Å². The summed E-state index contributed by atoms with van der Waals surface area (Å²) < 4.78 is 35.4. The molecule has 1 aromatic rings. The molecule has 0 spiro atoms. The van der Waals surface area contributed by atoms with Gasteiger partial charge in [-0.3, -0.25) is 0 Å². The van der Waals surface area contributed by atoms with Crippen molar-refractivity contribution in [1.82, 2.24) is 0 Å². The van der Waals surface area contributed by atoms with Crippen molar-refractivity contribution >= 4 is 0 Å². The first kappa shape index (κ1) is 26.0. The van der Waals surface area contributed by atoms with Crippen LogP contribution < -0.4 is 4.74 Å². The largest absolute Gasteiger partial charge is 0.432 e. The Bertz CT molecular complexity index is 705. The minimum absolute atomic E-state index is 0.324. The molecule has 0 bridgehead atoms. The zero-order valence-corrected chi connectivity index (χ0v) is 21.8. The van der Waals surface area contributed by atoms with Crippen LogP contribution in [0.4, 0.5) is 8.78 Å². The average molecular weight is 475 g/mol. The Hall–Kier alpha value is -1.12. The van der Waals surface area contributed by atoms with Gasteiger partial charge in [-0.1, -0.05) is 64.5 Å². The maximum Gasteiger partial charge on any atom is 0.400 e. The number of ether oxygens (including phenoxy) is 1. The molecule has 0 heterocycles. The molecule has 0 unspecified atom stereocenters. The van der Waals surface area contributed by atoms with E-state index in [0.717, 1.165) is 30.6 Å². The van der Waals surface area contributed by atoms with Gasteiger partial charge >= 0.3 is 6.11 Å². The summed E-state index contributed by atoms with van der Waals surface area (Å²) in [6, 6.07) is 7.62. The van der Waals surface area contributed by atoms with Crippen LogP contribution in [0.25, 0.3) is 0 Å². The van der Waals surface area contributed by atoms with E-state index in [9.17, 15) is 0 Å². The van der Waals surface area contributed by atoms with Crippen LogP contribution in [-0.4, -0.2) is 6.11 Å². The lowest BCUT2D eigenvalue weighted by Crippen LogP contribution is -2.38. The summed E-state index contributed by atoms with van der Waals surface area (Å²) in [6.07, 6.45) is 15.7. The molecule has 0 amide bonds. The summed E-state index contributed by atoms with van der Waals surface area (Å²) in [6.45, 7) is 4.55. The molecule has 192 valence electrons. The van der Waals surface area contributed by atoms with E-state index in [1.165, 1.54) is 82.6 Å². The van der Waals surface area contributed by atoms with Gasteiger partial charge in [0.25, 0.3) is 0 Å². The lowest BCUT2D eigenvalue weighted by atomic mass is 9.68. The molecule has 0 N–H and O–H groups in total. The molecule has 34 heavy (non-hydrogen) atoms. The average Bonchev–Trinajstić information content (AvgIpc) is 2.86. The van der Waals surface area contributed by atoms with E-state index in [0.29, 0.717) is 30.4 Å². The van der Waals surface area contributed by atoms with Crippen LogP contribution >= 0.6 is 0 Å². The molecule has 4 rings (SSSR count). The van der Waals surface area contributed by atoms with Gasteiger partial charge in [0.05, 0.1) is 5.92 Å². The van der Waals surface area contributed by atoms with Crippen molar-refractivity contribution in [1.29, 1.82) is 0 Å². The second kappa shape index (κ2) is 12.2. The van der Waals surface area contributed by atoms with Crippen molar-refractivity contribution in [3.8, 4) is 5.75 Å². The van der Waals surface area contributed by atoms with Crippen LogP contribution in [0.3, 0.4) is 0 Å². The first-order chi connectivity index (χ1) is 16.5. The first-order valence-electron chi connectivity index (χ1n) is 14.6. The Morgan fingerprint density at radius 2 is 1.15 bits per heavy atom. The fraction of sp³-hybridized carbons (Fsp3) is 0.806. The number of benzene rings is 1. The zero-order chi connectivity index (χ0) is 24.0. The summed E-state index contributed by atoms with van der Waals surface area (Å²) >= 11 is 0. The molecule has 0 aliphatic heterocycles. The quantitative estimate of drug-likeness (QED) is 0.346. The van der Waals surface area contributed by atoms with Crippen molar-refractivity contribution in [2.24, 2.45) is 29.6 Å². The predicted octanol–water partition coefficient (Wildman–Crippen LogP) is 10.1. The molecular weight excluding hydrogens is 426 g/mol. The Kier molecular flexibility index (Phi) is 9.33. The summed E-state index contributed by atoms with van der Waals surface area (Å²) in [5.41, 5.74) is 1.29. The molecule has 3 aliphatic carbocycles. The van der Waals surface area contributed by atoms with Crippen molar-refractivity contribution < 1.29 is 13.5 Å². The van der Waals surface area contributed by atoms with E-state index in [4.69, 9.17) is 4.74 Å². The van der Waals surface area contributed by atoms with Crippen molar-refractivity contribution in [2.45, 2.75) is 129 Å². The number of hydrogen-bond donors (Lipinski definition) is 0. The van der Waals surface area contributed by atoms with E-state index in [1.807, 2.05) is 12.1 Å². The number of rotatable bonds is 9. The highest BCUT2D eigenvalue weighted by atomic mass is 19.3. The van der Waals surface area contributed by atoms with Gasteiger partial charge < -0.3 is 4.74 Å². The Balaban J connectivity index is 1.23. The van der Waals surface area contributed by atoms with Gasteiger partial charge in [0.15, 0.2) is 0 Å². The highest BCUT2D eigenvalue weighted by Crippen LogP contribution is 2.46. The third-order valence-corrected chi connectivity index (χ3v) is 9.65. The van der Waals surface area contributed by atoms with E-state index in [2.05, 4.69) is 13.8 Å². The number of hydrogen-bond acceptors (Lipinski definition) is 1. The summed E-state index contributed by atoms with van der Waals surface area (Å²) in [5, 5.41) is 0. The first-order valence-corrected chi connectivity index (χ1v) is 14.6. The monoisotopic (exact) mass is 474 g/mol. The van der Waals surface area contributed by atoms with Gasteiger partial charge in [0.1, 0.15) is 5.75 Å². The van der Waals surface area contributed by atoms with Crippen LogP contribution in [-0.2, 0) is 0 Å². The maximum absolute atomic E-state index is 15.0. The SMILES string of the molecule is CCCC1CCC(c2ccc(OC(F)(F)C3CCC(C4CCC(CCC)CC4)CC3)cc2)CC1. The van der Waals surface area contributed by atoms with Crippen molar-refractivity contribution in [2.75, 3.05) is 0 Å². The standard InChI is InChI=1S/C31H48F2O/c1-3-5-23-7-11-25(12-8-23)27-15-19-29(20-16-27)31(32,33)34-30-21-17-28(18-22-30)26-13-9-24(6-4-2)10-14-26/h17-18,21-27,29H,3-16,19-20H2,1-2H3. The fourth-order valence-corrected chi connectivity index (χ4v) is 7.52. The van der Waals surface area contributed by atoms with Crippen LogP contribution in [0.15, 0.2) is 24.3 Å². The minimum atomic E-state index is -3.07. The molecule has 3 heteroatoms. The summed E-state index contributed by atoms with van der Waals surface area (Å²) in [5.74, 6) is 3.48. The van der Waals surface area contributed by atoms with Gasteiger partial charge in [0.2, 0.25) is 0 Å². The summed E-state index contributed by atoms with van der Waals surface area (Å²) in [4.78, 5) is 0. The molecule has 3 aliphatic rings. The normalized spacial score (nSPS) is 32.9. The Morgan fingerprint density at radius 3 is 1.65 bits per heavy atom. The number of alkyl halides is 2. The molecule has 0 aromatic heterocycles. The lowest BCUT2D eigenvalue weighted by molar-refractivity contribution is -0.224. The molecular formula is C31H48F2O. The second-order valence-corrected chi connectivity index (χ2v) is 11.9. The lowest BCUT2D eigenvalue weighted by Gasteiger charge is -2.39. The van der Waals surface area contributed by atoms with Crippen molar-refractivity contribution in [3.63, 3.8) is 0 Å². The number of halogens is 2. The molecule has 1 nitrogen and oxygen atoms in total. The van der Waals surface area contributed by atoms with E-state index < -0.39 is 12.0 Å². The molecule has 0 atom stereocenters. The zero-order valence-electron chi connectivity index (χ0n) is 21.8. The van der Waals surface area contributed by atoms with Gasteiger partial charge in [-0.25, -0.2) is 0 Å². The topological polar surface area (TPSA) is 9.23 Å². The minimum Gasteiger partial charge on any atom is -0.432 e. The van der Waals surface area contributed by atoms with Gasteiger partial charge in [-0.2, -0.15) is 8.78 Å². The third kappa shape index (κ3) is 6.76.